The fraction of sp³-hybridized carbons (Fsp3) is 0.400. The molecule has 1 heterocycles. The second kappa shape index (κ2) is 5.36. The smallest absolute Gasteiger partial charge is 0.0996 e. The summed E-state index contributed by atoms with van der Waals surface area (Å²) in [5, 5.41) is 14.2. The molecule has 2 aromatic rings. The van der Waals surface area contributed by atoms with E-state index < -0.39 is 6.10 Å². The first-order valence-corrected chi connectivity index (χ1v) is 6.32. The van der Waals surface area contributed by atoms with Crippen LogP contribution in [0.25, 0.3) is 0 Å². The van der Waals surface area contributed by atoms with Crippen LogP contribution in [0.5, 0.6) is 0 Å². The Hall–Kier alpha value is -1.61. The minimum atomic E-state index is -0.498. The van der Waals surface area contributed by atoms with E-state index in [2.05, 4.69) is 43.2 Å². The van der Waals surface area contributed by atoms with Gasteiger partial charge in [-0.3, -0.25) is 4.68 Å². The Morgan fingerprint density at radius 2 is 1.83 bits per heavy atom. The average molecular weight is 244 g/mol. The number of aryl methyl sites for hydroxylation is 1. The number of hydrogen-bond donors (Lipinski definition) is 1. The molecule has 3 nitrogen and oxygen atoms in total. The van der Waals surface area contributed by atoms with Gasteiger partial charge in [0.15, 0.2) is 0 Å². The number of aliphatic hydroxyl groups is 1. The van der Waals surface area contributed by atoms with Gasteiger partial charge in [0.1, 0.15) is 0 Å². The number of aliphatic hydroxyl groups excluding tert-OH is 1. The molecule has 0 bridgehead atoms. The summed E-state index contributed by atoms with van der Waals surface area (Å²) in [5.41, 5.74) is 3.32. The van der Waals surface area contributed by atoms with E-state index in [9.17, 15) is 5.11 Å². The predicted molar refractivity (Wildman–Crippen MR) is 72.4 cm³/mol. The number of nitrogens with zero attached hydrogens (tertiary/aromatic N) is 2. The third-order valence-electron chi connectivity index (χ3n) is 3.28. The van der Waals surface area contributed by atoms with Gasteiger partial charge < -0.3 is 5.11 Å². The van der Waals surface area contributed by atoms with Crippen LogP contribution in [0, 0.1) is 0 Å². The minimum absolute atomic E-state index is 0.498. The maximum Gasteiger partial charge on any atom is 0.0996 e. The van der Waals surface area contributed by atoms with Gasteiger partial charge in [-0.2, -0.15) is 5.10 Å². The molecule has 1 aromatic carbocycles. The third-order valence-corrected chi connectivity index (χ3v) is 3.28. The van der Waals surface area contributed by atoms with Crippen molar-refractivity contribution in [3.63, 3.8) is 0 Å². The molecule has 0 aliphatic carbocycles. The molecule has 0 saturated heterocycles. The Labute approximate surface area is 108 Å². The summed E-state index contributed by atoms with van der Waals surface area (Å²) >= 11 is 0. The number of benzene rings is 1. The highest BCUT2D eigenvalue weighted by Crippen LogP contribution is 2.20. The van der Waals surface area contributed by atoms with Crippen LogP contribution in [0.1, 0.15) is 42.7 Å². The van der Waals surface area contributed by atoms with Crippen LogP contribution in [0.4, 0.5) is 0 Å². The molecule has 1 aromatic heterocycles. The van der Waals surface area contributed by atoms with Crippen molar-refractivity contribution in [2.45, 2.75) is 32.3 Å². The van der Waals surface area contributed by atoms with Crippen molar-refractivity contribution in [3.05, 3.63) is 53.3 Å². The Bertz CT molecular complexity index is 499. The Balaban J connectivity index is 2.08. The quantitative estimate of drug-likeness (QED) is 0.898. The van der Waals surface area contributed by atoms with Crippen LogP contribution in [0.2, 0.25) is 0 Å². The highest BCUT2D eigenvalue weighted by molar-refractivity contribution is 5.25. The molecule has 0 radical (unpaired) electrons. The van der Waals surface area contributed by atoms with Gasteiger partial charge in [0.25, 0.3) is 0 Å². The van der Waals surface area contributed by atoms with Crippen molar-refractivity contribution in [1.82, 2.24) is 9.78 Å². The van der Waals surface area contributed by atoms with Crippen molar-refractivity contribution in [2.24, 2.45) is 7.05 Å². The lowest BCUT2D eigenvalue weighted by Crippen LogP contribution is -2.08. The van der Waals surface area contributed by atoms with E-state index in [4.69, 9.17) is 0 Å². The number of hydrogen-bond acceptors (Lipinski definition) is 2. The van der Waals surface area contributed by atoms with Gasteiger partial charge in [-0.05, 0) is 23.1 Å². The third kappa shape index (κ3) is 2.79. The monoisotopic (exact) mass is 244 g/mol. The maximum absolute atomic E-state index is 10.2. The standard InChI is InChI=1S/C15H20N2O/c1-11(2)13-6-4-12(5-7-13)10-15(18)14-8-9-16-17(14)3/h4-9,11,15,18H,10H2,1-3H3. The molecule has 96 valence electrons. The average Bonchev–Trinajstić information content (AvgIpc) is 2.76. The fourth-order valence-electron chi connectivity index (χ4n) is 2.08. The van der Waals surface area contributed by atoms with Crippen molar-refractivity contribution >= 4 is 0 Å². The van der Waals surface area contributed by atoms with Crippen LogP contribution in [-0.4, -0.2) is 14.9 Å². The molecule has 0 saturated carbocycles. The predicted octanol–water partition coefficient (Wildman–Crippen LogP) is 2.82. The molecule has 0 spiro atoms. The molecule has 1 atom stereocenters. The molecule has 0 fully saturated rings. The zero-order valence-electron chi connectivity index (χ0n) is 11.2. The second-order valence-electron chi connectivity index (χ2n) is 5.00. The summed E-state index contributed by atoms with van der Waals surface area (Å²) in [6.07, 6.45) is 1.83. The van der Waals surface area contributed by atoms with Gasteiger partial charge in [0.05, 0.1) is 11.8 Å². The summed E-state index contributed by atoms with van der Waals surface area (Å²) < 4.78 is 1.72. The SMILES string of the molecule is CC(C)c1ccc(CC(O)c2ccnn2C)cc1. The van der Waals surface area contributed by atoms with Crippen LogP contribution < -0.4 is 0 Å². The summed E-state index contributed by atoms with van der Waals surface area (Å²) in [6.45, 7) is 4.36. The lowest BCUT2D eigenvalue weighted by Gasteiger charge is -2.12. The molecule has 3 heteroatoms. The van der Waals surface area contributed by atoms with Gasteiger partial charge in [-0.15, -0.1) is 0 Å². The molecule has 18 heavy (non-hydrogen) atoms. The van der Waals surface area contributed by atoms with Crippen molar-refractivity contribution in [3.8, 4) is 0 Å². The topological polar surface area (TPSA) is 38.1 Å². The number of aromatic nitrogens is 2. The van der Waals surface area contributed by atoms with Gasteiger partial charge in [-0.1, -0.05) is 38.1 Å². The Morgan fingerprint density at radius 1 is 1.17 bits per heavy atom. The first kappa shape index (κ1) is 12.8. The Morgan fingerprint density at radius 3 is 2.33 bits per heavy atom. The Kier molecular flexibility index (Phi) is 3.82. The van der Waals surface area contributed by atoms with Gasteiger partial charge in [-0.25, -0.2) is 0 Å². The van der Waals surface area contributed by atoms with Crippen LogP contribution in [0.3, 0.4) is 0 Å². The first-order chi connectivity index (χ1) is 8.58. The van der Waals surface area contributed by atoms with E-state index in [-0.39, 0.29) is 0 Å². The molecule has 0 amide bonds. The molecule has 2 rings (SSSR count). The van der Waals surface area contributed by atoms with E-state index in [1.165, 1.54) is 5.56 Å². The summed E-state index contributed by atoms with van der Waals surface area (Å²) in [6, 6.07) is 10.3. The summed E-state index contributed by atoms with van der Waals surface area (Å²) in [4.78, 5) is 0. The van der Waals surface area contributed by atoms with Crippen LogP contribution in [0.15, 0.2) is 36.5 Å². The molecular formula is C15H20N2O. The molecule has 0 aliphatic rings. The van der Waals surface area contributed by atoms with Gasteiger partial charge in [0.2, 0.25) is 0 Å². The number of rotatable bonds is 4. The minimum Gasteiger partial charge on any atom is -0.386 e. The zero-order chi connectivity index (χ0) is 13.1. The van der Waals surface area contributed by atoms with E-state index in [1.54, 1.807) is 10.9 Å². The highest BCUT2D eigenvalue weighted by atomic mass is 16.3. The van der Waals surface area contributed by atoms with Crippen molar-refractivity contribution < 1.29 is 5.11 Å². The van der Waals surface area contributed by atoms with Gasteiger partial charge in [0, 0.05) is 19.7 Å². The molecule has 0 aliphatic heterocycles. The van der Waals surface area contributed by atoms with Crippen LogP contribution in [-0.2, 0) is 13.5 Å². The lowest BCUT2D eigenvalue weighted by atomic mass is 9.99. The zero-order valence-corrected chi connectivity index (χ0v) is 11.2. The van der Waals surface area contributed by atoms with Crippen molar-refractivity contribution in [2.75, 3.05) is 0 Å². The first-order valence-electron chi connectivity index (χ1n) is 6.32. The van der Waals surface area contributed by atoms with E-state index in [0.29, 0.717) is 12.3 Å². The van der Waals surface area contributed by atoms with Gasteiger partial charge >= 0.3 is 0 Å². The maximum atomic E-state index is 10.2. The normalized spacial score (nSPS) is 12.9. The summed E-state index contributed by atoms with van der Waals surface area (Å²) in [5.74, 6) is 0.543. The second-order valence-corrected chi connectivity index (χ2v) is 5.00. The molecular weight excluding hydrogens is 224 g/mol. The van der Waals surface area contributed by atoms with E-state index in [1.807, 2.05) is 13.1 Å². The van der Waals surface area contributed by atoms with E-state index >= 15 is 0 Å². The molecule has 1 unspecified atom stereocenters. The lowest BCUT2D eigenvalue weighted by molar-refractivity contribution is 0.168. The summed E-state index contributed by atoms with van der Waals surface area (Å²) in [7, 11) is 1.85. The highest BCUT2D eigenvalue weighted by Gasteiger charge is 2.12. The fourth-order valence-corrected chi connectivity index (χ4v) is 2.08. The van der Waals surface area contributed by atoms with Crippen molar-refractivity contribution in [1.29, 1.82) is 0 Å². The van der Waals surface area contributed by atoms with E-state index in [0.717, 1.165) is 11.3 Å². The largest absolute Gasteiger partial charge is 0.386 e. The molecule has 1 N–H and O–H groups in total. The van der Waals surface area contributed by atoms with Crippen LogP contribution >= 0.6 is 0 Å².